The number of benzene rings is 1. The molecule has 106 valence electrons. The van der Waals surface area contributed by atoms with Gasteiger partial charge < -0.3 is 14.8 Å². The van der Waals surface area contributed by atoms with Crippen molar-refractivity contribution in [1.82, 2.24) is 5.32 Å². The minimum Gasteiger partial charge on any atom is -0.496 e. The molecule has 2 rings (SSSR count). The van der Waals surface area contributed by atoms with E-state index < -0.39 is 0 Å². The van der Waals surface area contributed by atoms with Gasteiger partial charge in [-0.2, -0.15) is 0 Å². The van der Waals surface area contributed by atoms with E-state index in [0.29, 0.717) is 12.0 Å². The predicted octanol–water partition coefficient (Wildman–Crippen LogP) is 3.08. The summed E-state index contributed by atoms with van der Waals surface area (Å²) in [6.07, 6.45) is 2.27. The van der Waals surface area contributed by atoms with E-state index in [2.05, 4.69) is 37.4 Å². The maximum absolute atomic E-state index is 5.48. The highest BCUT2D eigenvalue weighted by atomic mass is 16.5. The quantitative estimate of drug-likeness (QED) is 0.885. The van der Waals surface area contributed by atoms with Crippen molar-refractivity contribution in [3.8, 4) is 5.75 Å². The van der Waals surface area contributed by atoms with Crippen LogP contribution in [0.25, 0.3) is 0 Å². The van der Waals surface area contributed by atoms with Crippen LogP contribution in [0.4, 0.5) is 0 Å². The van der Waals surface area contributed by atoms with Gasteiger partial charge in [-0.25, -0.2) is 0 Å². The monoisotopic (exact) mass is 263 g/mol. The largest absolute Gasteiger partial charge is 0.496 e. The third-order valence-corrected chi connectivity index (χ3v) is 3.95. The Bertz CT molecular complexity index is 400. The lowest BCUT2D eigenvalue weighted by Gasteiger charge is -2.31. The molecule has 1 heterocycles. The van der Waals surface area contributed by atoms with Gasteiger partial charge >= 0.3 is 0 Å². The second-order valence-corrected chi connectivity index (χ2v) is 5.21. The fraction of sp³-hybridized carbons (Fsp3) is 0.625. The van der Waals surface area contributed by atoms with Crippen LogP contribution in [0.1, 0.15) is 36.9 Å². The van der Waals surface area contributed by atoms with Gasteiger partial charge in [-0.05, 0) is 49.4 Å². The van der Waals surface area contributed by atoms with Gasteiger partial charge in [-0.3, -0.25) is 0 Å². The van der Waals surface area contributed by atoms with Crippen LogP contribution in [0.2, 0.25) is 0 Å². The molecular formula is C16H25NO2. The average Bonchev–Trinajstić information content (AvgIpc) is 2.46. The van der Waals surface area contributed by atoms with Crippen molar-refractivity contribution in [1.29, 1.82) is 0 Å². The van der Waals surface area contributed by atoms with Crippen LogP contribution in [0.3, 0.4) is 0 Å². The lowest BCUT2D eigenvalue weighted by atomic mass is 9.86. The summed E-state index contributed by atoms with van der Waals surface area (Å²) in [7, 11) is 1.74. The zero-order valence-corrected chi connectivity index (χ0v) is 12.2. The first-order chi connectivity index (χ1) is 9.26. The predicted molar refractivity (Wildman–Crippen MR) is 77.7 cm³/mol. The van der Waals surface area contributed by atoms with Crippen LogP contribution in [0.5, 0.6) is 5.75 Å². The van der Waals surface area contributed by atoms with Gasteiger partial charge in [0.1, 0.15) is 5.75 Å². The molecule has 0 saturated carbocycles. The Kier molecular flexibility index (Phi) is 5.23. The molecule has 3 nitrogen and oxygen atoms in total. The maximum Gasteiger partial charge on any atom is 0.122 e. The number of nitrogens with one attached hydrogen (secondary N) is 1. The van der Waals surface area contributed by atoms with Crippen molar-refractivity contribution >= 4 is 0 Å². The normalized spacial score (nSPS) is 18.3. The molecule has 1 aromatic rings. The van der Waals surface area contributed by atoms with Crippen molar-refractivity contribution in [2.75, 3.05) is 26.9 Å². The van der Waals surface area contributed by atoms with Crippen molar-refractivity contribution in [2.24, 2.45) is 5.92 Å². The molecule has 1 saturated heterocycles. The van der Waals surface area contributed by atoms with E-state index in [4.69, 9.17) is 9.47 Å². The molecule has 0 radical (unpaired) electrons. The third-order valence-electron chi connectivity index (χ3n) is 3.95. The number of ether oxygens (including phenoxy) is 2. The highest BCUT2D eigenvalue weighted by Crippen LogP contribution is 2.32. The fourth-order valence-corrected chi connectivity index (χ4v) is 2.86. The number of methoxy groups -OCH3 is 1. The lowest BCUT2D eigenvalue weighted by molar-refractivity contribution is 0.0538. The molecule has 0 bridgehead atoms. The molecule has 1 fully saturated rings. The van der Waals surface area contributed by atoms with Gasteiger partial charge in [0.2, 0.25) is 0 Å². The van der Waals surface area contributed by atoms with Gasteiger partial charge in [0.05, 0.1) is 7.11 Å². The van der Waals surface area contributed by atoms with Crippen LogP contribution in [0, 0.1) is 12.8 Å². The van der Waals surface area contributed by atoms with E-state index in [1.54, 1.807) is 7.11 Å². The van der Waals surface area contributed by atoms with Gasteiger partial charge in [0, 0.05) is 19.3 Å². The van der Waals surface area contributed by atoms with E-state index in [0.717, 1.165) is 38.3 Å². The zero-order chi connectivity index (χ0) is 13.7. The molecule has 19 heavy (non-hydrogen) atoms. The Labute approximate surface area is 116 Å². The summed E-state index contributed by atoms with van der Waals surface area (Å²) in [6, 6.07) is 6.96. The fourth-order valence-electron chi connectivity index (χ4n) is 2.86. The number of aryl methyl sites for hydroxylation is 1. The Morgan fingerprint density at radius 3 is 2.74 bits per heavy atom. The SMILES string of the molecule is CCNC(c1ccc(C)c(OC)c1)C1CCOCC1. The Hall–Kier alpha value is -1.06. The maximum atomic E-state index is 5.48. The summed E-state index contributed by atoms with van der Waals surface area (Å²) < 4.78 is 10.9. The Morgan fingerprint density at radius 2 is 2.11 bits per heavy atom. The smallest absolute Gasteiger partial charge is 0.122 e. The lowest BCUT2D eigenvalue weighted by Crippen LogP contribution is -2.32. The minimum absolute atomic E-state index is 0.406. The minimum atomic E-state index is 0.406. The molecular weight excluding hydrogens is 238 g/mol. The van der Waals surface area contributed by atoms with Crippen molar-refractivity contribution in [3.63, 3.8) is 0 Å². The summed E-state index contributed by atoms with van der Waals surface area (Å²) in [5.74, 6) is 1.63. The van der Waals surface area contributed by atoms with Crippen LogP contribution in [-0.2, 0) is 4.74 Å². The number of hydrogen-bond acceptors (Lipinski definition) is 3. The zero-order valence-electron chi connectivity index (χ0n) is 12.2. The molecule has 0 amide bonds. The topological polar surface area (TPSA) is 30.5 Å². The van der Waals surface area contributed by atoms with E-state index in [-0.39, 0.29) is 0 Å². The summed E-state index contributed by atoms with van der Waals surface area (Å²) in [5.41, 5.74) is 2.52. The molecule has 1 unspecified atom stereocenters. The standard InChI is InChI=1S/C16H25NO2/c1-4-17-16(13-7-9-19-10-8-13)14-6-5-12(2)15(11-14)18-3/h5-6,11,13,16-17H,4,7-10H2,1-3H3. The van der Waals surface area contributed by atoms with Crippen LogP contribution in [0.15, 0.2) is 18.2 Å². The third kappa shape index (κ3) is 3.48. The van der Waals surface area contributed by atoms with E-state index in [1.807, 2.05) is 0 Å². The molecule has 0 aromatic heterocycles. The van der Waals surface area contributed by atoms with Gasteiger partial charge in [0.15, 0.2) is 0 Å². The van der Waals surface area contributed by atoms with Crippen LogP contribution >= 0.6 is 0 Å². The summed E-state index contributed by atoms with van der Waals surface area (Å²) >= 11 is 0. The van der Waals surface area contributed by atoms with Crippen LogP contribution in [-0.4, -0.2) is 26.9 Å². The van der Waals surface area contributed by atoms with E-state index in [9.17, 15) is 0 Å². The van der Waals surface area contributed by atoms with Crippen molar-refractivity contribution in [2.45, 2.75) is 32.7 Å². The van der Waals surface area contributed by atoms with Gasteiger partial charge in [-0.1, -0.05) is 19.1 Å². The first-order valence-corrected chi connectivity index (χ1v) is 7.22. The highest BCUT2D eigenvalue weighted by Gasteiger charge is 2.25. The molecule has 1 aromatic carbocycles. The van der Waals surface area contributed by atoms with Crippen molar-refractivity contribution < 1.29 is 9.47 Å². The van der Waals surface area contributed by atoms with Gasteiger partial charge in [-0.15, -0.1) is 0 Å². The van der Waals surface area contributed by atoms with Crippen molar-refractivity contribution in [3.05, 3.63) is 29.3 Å². The number of hydrogen-bond donors (Lipinski definition) is 1. The number of rotatable bonds is 5. The summed E-state index contributed by atoms with van der Waals surface area (Å²) in [4.78, 5) is 0. The molecule has 1 aliphatic rings. The van der Waals surface area contributed by atoms with Gasteiger partial charge in [0.25, 0.3) is 0 Å². The Morgan fingerprint density at radius 1 is 1.37 bits per heavy atom. The molecule has 1 atom stereocenters. The second-order valence-electron chi connectivity index (χ2n) is 5.21. The molecule has 3 heteroatoms. The molecule has 0 spiro atoms. The summed E-state index contributed by atoms with van der Waals surface area (Å²) in [5, 5.41) is 3.63. The first-order valence-electron chi connectivity index (χ1n) is 7.22. The van der Waals surface area contributed by atoms with E-state index >= 15 is 0 Å². The Balaban J connectivity index is 2.22. The molecule has 0 aliphatic carbocycles. The summed E-state index contributed by atoms with van der Waals surface area (Å²) in [6.45, 7) is 7.00. The molecule has 1 aliphatic heterocycles. The molecule has 1 N–H and O–H groups in total. The highest BCUT2D eigenvalue weighted by molar-refractivity contribution is 5.38. The average molecular weight is 263 g/mol. The van der Waals surface area contributed by atoms with Crippen LogP contribution < -0.4 is 10.1 Å². The second kappa shape index (κ2) is 6.92. The first kappa shape index (κ1) is 14.4. The van der Waals surface area contributed by atoms with E-state index in [1.165, 1.54) is 11.1 Å².